The van der Waals surface area contributed by atoms with Crippen molar-refractivity contribution >= 4 is 21.6 Å². The summed E-state index contributed by atoms with van der Waals surface area (Å²) in [7, 11) is -3.69. The normalized spacial score (nSPS) is 14.9. The van der Waals surface area contributed by atoms with Gasteiger partial charge in [-0.05, 0) is 58.2 Å². The lowest BCUT2D eigenvalue weighted by molar-refractivity contribution is -0.116. The van der Waals surface area contributed by atoms with Crippen molar-refractivity contribution in [3.63, 3.8) is 0 Å². The van der Waals surface area contributed by atoms with Crippen LogP contribution in [-0.4, -0.2) is 47.8 Å². The molecule has 1 aromatic carbocycles. The second-order valence-electron chi connectivity index (χ2n) is 8.35. The van der Waals surface area contributed by atoms with Gasteiger partial charge in [-0.15, -0.1) is 0 Å². The first-order chi connectivity index (χ1) is 15.6. The topological polar surface area (TPSA) is 141 Å². The Hall–Kier alpha value is -2.92. The number of amides is 1. The number of hydrogen-bond acceptors (Lipinski definition) is 6. The van der Waals surface area contributed by atoms with Crippen molar-refractivity contribution in [1.29, 1.82) is 0 Å². The van der Waals surface area contributed by atoms with Gasteiger partial charge in [-0.25, -0.2) is 13.2 Å². The lowest BCUT2D eigenvalue weighted by Gasteiger charge is -2.26. The molecule has 0 saturated carbocycles. The summed E-state index contributed by atoms with van der Waals surface area (Å²) in [5.74, 6) is -0.0601. The number of benzene rings is 1. The van der Waals surface area contributed by atoms with Crippen molar-refractivity contribution in [3.8, 4) is 5.75 Å². The van der Waals surface area contributed by atoms with Gasteiger partial charge in [0.05, 0.1) is 16.7 Å². The third-order valence-corrected chi connectivity index (χ3v) is 7.29. The van der Waals surface area contributed by atoms with Crippen molar-refractivity contribution in [2.45, 2.75) is 63.9 Å². The zero-order chi connectivity index (χ0) is 24.2. The average molecular weight is 479 g/mol. The fourth-order valence-electron chi connectivity index (χ4n) is 3.76. The number of piperidine rings is 1. The van der Waals surface area contributed by atoms with Crippen molar-refractivity contribution in [3.05, 3.63) is 50.3 Å². The van der Waals surface area contributed by atoms with Crippen molar-refractivity contribution in [1.82, 2.24) is 14.3 Å². The van der Waals surface area contributed by atoms with Gasteiger partial charge < -0.3 is 15.0 Å². The third-order valence-electron chi connectivity index (χ3n) is 5.40. The fourth-order valence-corrected chi connectivity index (χ4v) is 5.30. The number of aryl methyl sites for hydroxylation is 1. The first-order valence-electron chi connectivity index (χ1n) is 11.0. The number of aromatic amines is 2. The maximum Gasteiger partial charge on any atom is 0.325 e. The van der Waals surface area contributed by atoms with Crippen molar-refractivity contribution in [2.75, 3.05) is 18.4 Å². The first kappa shape index (κ1) is 24.7. The molecule has 3 N–H and O–H groups in total. The van der Waals surface area contributed by atoms with Crippen LogP contribution in [0.25, 0.3) is 0 Å². The van der Waals surface area contributed by atoms with Gasteiger partial charge in [-0.1, -0.05) is 6.42 Å². The maximum atomic E-state index is 13.1. The highest BCUT2D eigenvalue weighted by Crippen LogP contribution is 2.31. The van der Waals surface area contributed by atoms with Crippen molar-refractivity contribution in [2.24, 2.45) is 0 Å². The molecule has 1 aliphatic heterocycles. The largest absolute Gasteiger partial charge is 0.489 e. The van der Waals surface area contributed by atoms with Gasteiger partial charge in [0.1, 0.15) is 5.75 Å². The fraction of sp³-hybridized carbons (Fsp3) is 0.500. The van der Waals surface area contributed by atoms with Crippen LogP contribution in [0, 0.1) is 6.92 Å². The summed E-state index contributed by atoms with van der Waals surface area (Å²) in [6.07, 6.45) is 2.52. The number of anilines is 1. The summed E-state index contributed by atoms with van der Waals surface area (Å²) in [5, 5.41) is 2.72. The number of sulfonamides is 1. The third kappa shape index (κ3) is 6.11. The Bertz CT molecular complexity index is 1230. The molecule has 11 heteroatoms. The molecule has 180 valence electrons. The summed E-state index contributed by atoms with van der Waals surface area (Å²) in [6.45, 7) is 6.19. The number of rotatable bonds is 8. The molecule has 1 fully saturated rings. The van der Waals surface area contributed by atoms with Crippen LogP contribution >= 0.6 is 0 Å². The minimum Gasteiger partial charge on any atom is -0.489 e. The number of carbonyl (C=O) groups is 1. The molecule has 0 unspecified atom stereocenters. The van der Waals surface area contributed by atoms with Crippen molar-refractivity contribution < 1.29 is 17.9 Å². The van der Waals surface area contributed by atoms with Gasteiger partial charge in [0.25, 0.3) is 5.56 Å². The molecule has 1 aromatic heterocycles. The predicted octanol–water partition coefficient (Wildman–Crippen LogP) is 1.90. The minimum atomic E-state index is -3.69. The number of ether oxygens (including phenoxy) is 1. The molecule has 0 spiro atoms. The highest BCUT2D eigenvalue weighted by molar-refractivity contribution is 7.89. The van der Waals surface area contributed by atoms with Crippen LogP contribution < -0.4 is 21.3 Å². The van der Waals surface area contributed by atoms with Crippen LogP contribution in [0.5, 0.6) is 5.75 Å². The molecule has 0 bridgehead atoms. The Labute approximate surface area is 192 Å². The molecule has 0 atom stereocenters. The molecular formula is C22H30N4O6S. The highest BCUT2D eigenvalue weighted by Gasteiger charge is 2.27. The molecule has 1 saturated heterocycles. The van der Waals surface area contributed by atoms with Crippen LogP contribution in [-0.2, 0) is 21.2 Å². The van der Waals surface area contributed by atoms with E-state index in [0.717, 1.165) is 19.3 Å². The molecule has 1 aliphatic rings. The second kappa shape index (κ2) is 10.3. The van der Waals surface area contributed by atoms with E-state index in [0.29, 0.717) is 30.1 Å². The van der Waals surface area contributed by atoms with Crippen LogP contribution in [0.1, 0.15) is 50.8 Å². The minimum absolute atomic E-state index is 0.0415. The summed E-state index contributed by atoms with van der Waals surface area (Å²) < 4.78 is 33.4. The molecule has 2 heterocycles. The van der Waals surface area contributed by atoms with Gasteiger partial charge in [0, 0.05) is 30.8 Å². The van der Waals surface area contributed by atoms with E-state index >= 15 is 0 Å². The Balaban J connectivity index is 1.82. The van der Waals surface area contributed by atoms with Crippen LogP contribution in [0.3, 0.4) is 0 Å². The Morgan fingerprint density at radius 3 is 2.48 bits per heavy atom. The quantitative estimate of drug-likeness (QED) is 0.529. The number of H-pyrrole nitrogens is 2. The van der Waals surface area contributed by atoms with Crippen LogP contribution in [0.4, 0.5) is 5.69 Å². The summed E-state index contributed by atoms with van der Waals surface area (Å²) in [4.78, 5) is 40.8. The number of nitrogens with one attached hydrogen (secondary N) is 3. The lowest BCUT2D eigenvalue weighted by atomic mass is 10.1. The van der Waals surface area contributed by atoms with E-state index in [1.807, 2.05) is 13.8 Å². The molecule has 10 nitrogen and oxygen atoms in total. The predicted molar refractivity (Wildman–Crippen MR) is 124 cm³/mol. The molecule has 0 radical (unpaired) electrons. The molecule has 2 aromatic rings. The van der Waals surface area contributed by atoms with Gasteiger partial charge in [-0.2, -0.15) is 4.31 Å². The molecular weight excluding hydrogens is 448 g/mol. The SMILES string of the molecule is Cc1[nH]c(=O)[nH]c(=O)c1CCC(=O)Nc1cc(S(=O)(=O)N2CCCCC2)ccc1OC(C)C. The van der Waals surface area contributed by atoms with Crippen LogP contribution in [0.15, 0.2) is 32.7 Å². The molecule has 33 heavy (non-hydrogen) atoms. The van der Waals surface area contributed by atoms with Gasteiger partial charge in [-0.3, -0.25) is 14.6 Å². The Morgan fingerprint density at radius 2 is 1.85 bits per heavy atom. The Kier molecular flexibility index (Phi) is 7.75. The molecule has 1 amide bonds. The first-order valence-corrected chi connectivity index (χ1v) is 12.4. The smallest absolute Gasteiger partial charge is 0.325 e. The zero-order valence-electron chi connectivity index (χ0n) is 19.1. The van der Waals surface area contributed by atoms with E-state index in [4.69, 9.17) is 4.74 Å². The maximum absolute atomic E-state index is 13.1. The van der Waals surface area contributed by atoms with Crippen LogP contribution in [0.2, 0.25) is 0 Å². The van der Waals surface area contributed by atoms with E-state index in [1.54, 1.807) is 13.0 Å². The summed E-state index contributed by atoms with van der Waals surface area (Å²) in [6, 6.07) is 4.45. The standard InChI is InChI=1S/C22H30N4O6S/c1-14(2)32-19-9-7-16(33(30,31)26-11-5-4-6-12-26)13-18(19)24-20(27)10-8-17-15(3)23-22(29)25-21(17)28/h7,9,13-14H,4-6,8,10-12H2,1-3H3,(H,24,27)(H2,23,25,28,29). The summed E-state index contributed by atoms with van der Waals surface area (Å²) >= 11 is 0. The summed E-state index contributed by atoms with van der Waals surface area (Å²) in [5.41, 5.74) is -0.186. The van der Waals surface area contributed by atoms with E-state index < -0.39 is 27.2 Å². The van der Waals surface area contributed by atoms with Gasteiger partial charge in [0.15, 0.2) is 0 Å². The van der Waals surface area contributed by atoms with E-state index in [-0.39, 0.29) is 29.5 Å². The Morgan fingerprint density at radius 1 is 1.15 bits per heavy atom. The second-order valence-corrected chi connectivity index (χ2v) is 10.3. The molecule has 0 aliphatic carbocycles. The lowest BCUT2D eigenvalue weighted by Crippen LogP contribution is -2.35. The zero-order valence-corrected chi connectivity index (χ0v) is 19.9. The van der Waals surface area contributed by atoms with Gasteiger partial charge >= 0.3 is 5.69 Å². The van der Waals surface area contributed by atoms with Gasteiger partial charge in [0.2, 0.25) is 15.9 Å². The molecule has 3 rings (SSSR count). The van der Waals surface area contributed by atoms with E-state index in [1.165, 1.54) is 16.4 Å². The number of hydrogen-bond donors (Lipinski definition) is 3. The number of carbonyl (C=O) groups excluding carboxylic acids is 1. The average Bonchev–Trinajstić information content (AvgIpc) is 2.74. The number of aromatic nitrogens is 2. The monoisotopic (exact) mass is 478 g/mol. The number of nitrogens with zero attached hydrogens (tertiary/aromatic N) is 1. The van der Waals surface area contributed by atoms with E-state index in [2.05, 4.69) is 15.3 Å². The highest BCUT2D eigenvalue weighted by atomic mass is 32.2. The van der Waals surface area contributed by atoms with E-state index in [9.17, 15) is 22.8 Å².